The van der Waals surface area contributed by atoms with Crippen molar-refractivity contribution in [2.24, 2.45) is 0 Å². The molecule has 0 radical (unpaired) electrons. The molecule has 0 bridgehead atoms. The first-order valence-electron chi connectivity index (χ1n) is 9.01. The molecule has 0 amide bonds. The largest absolute Gasteiger partial charge is 0.497 e. The molecule has 0 atom stereocenters. The van der Waals surface area contributed by atoms with Gasteiger partial charge in [0.2, 0.25) is 0 Å². The van der Waals surface area contributed by atoms with E-state index in [1.165, 1.54) is 16.2 Å². The van der Waals surface area contributed by atoms with Crippen LogP contribution < -0.4 is 19.3 Å². The number of benzene rings is 2. The van der Waals surface area contributed by atoms with E-state index >= 15 is 0 Å². The maximum Gasteiger partial charge on any atom is 0.159 e. The highest BCUT2D eigenvalue weighted by Gasteiger charge is 2.22. The second-order valence-corrected chi connectivity index (χ2v) is 6.69. The number of carbonyl (C=O) groups is 1. The molecule has 0 aromatic heterocycles. The normalized spacial score (nSPS) is 15.0. The summed E-state index contributed by atoms with van der Waals surface area (Å²) in [6.45, 7) is 6.66. The van der Waals surface area contributed by atoms with Gasteiger partial charge in [0.25, 0.3) is 0 Å². The summed E-state index contributed by atoms with van der Waals surface area (Å²) in [5.74, 6) is 1.89. The van der Waals surface area contributed by atoms with E-state index in [1.54, 1.807) is 21.1 Å². The molecule has 3 rings (SSSR count). The first-order valence-corrected chi connectivity index (χ1v) is 9.01. The standard InChI is InChI=1S/C21H26N2O3/c1-16(24)17-4-6-19(7-5-17)23-12-10-22(11-13-23)15-18-14-20(25-2)8-9-21(18)26-3/h4-9,14H,10-13,15H2,1-3H3/p+1. The van der Waals surface area contributed by atoms with Crippen molar-refractivity contribution in [2.75, 3.05) is 45.3 Å². The van der Waals surface area contributed by atoms with Crippen molar-refractivity contribution < 1.29 is 19.2 Å². The average molecular weight is 355 g/mol. The second kappa shape index (κ2) is 8.23. The number of ether oxygens (including phenoxy) is 2. The molecule has 1 fully saturated rings. The molecule has 5 nitrogen and oxygen atoms in total. The van der Waals surface area contributed by atoms with Crippen LogP contribution in [0, 0.1) is 0 Å². The Labute approximate surface area is 155 Å². The zero-order valence-corrected chi connectivity index (χ0v) is 15.7. The van der Waals surface area contributed by atoms with Crippen LogP contribution in [0.2, 0.25) is 0 Å². The van der Waals surface area contributed by atoms with Crippen LogP contribution in [0.1, 0.15) is 22.8 Å². The number of rotatable bonds is 6. The van der Waals surface area contributed by atoms with E-state index in [-0.39, 0.29) is 5.78 Å². The number of hydrogen-bond donors (Lipinski definition) is 1. The molecule has 1 aliphatic rings. The van der Waals surface area contributed by atoms with Gasteiger partial charge in [0.1, 0.15) is 18.0 Å². The Morgan fingerprint density at radius 1 is 1.04 bits per heavy atom. The molecule has 0 aliphatic carbocycles. The van der Waals surface area contributed by atoms with Gasteiger partial charge < -0.3 is 19.3 Å². The summed E-state index contributed by atoms with van der Waals surface area (Å²) >= 11 is 0. The minimum Gasteiger partial charge on any atom is -0.497 e. The van der Waals surface area contributed by atoms with Crippen molar-refractivity contribution in [3.05, 3.63) is 53.6 Å². The molecule has 1 heterocycles. The molecule has 138 valence electrons. The SMILES string of the molecule is COc1ccc(OC)c(C[NH+]2CCN(c3ccc(C(C)=O)cc3)CC2)c1. The Morgan fingerprint density at radius 2 is 1.73 bits per heavy atom. The summed E-state index contributed by atoms with van der Waals surface area (Å²) in [4.78, 5) is 15.3. The predicted octanol–water partition coefficient (Wildman–Crippen LogP) is 1.81. The summed E-state index contributed by atoms with van der Waals surface area (Å²) in [5.41, 5.74) is 3.14. The average Bonchev–Trinajstić information content (AvgIpc) is 2.68. The Kier molecular flexibility index (Phi) is 5.78. The monoisotopic (exact) mass is 355 g/mol. The lowest BCUT2D eigenvalue weighted by molar-refractivity contribution is -0.914. The minimum absolute atomic E-state index is 0.109. The van der Waals surface area contributed by atoms with Gasteiger partial charge in [-0.3, -0.25) is 4.79 Å². The zero-order chi connectivity index (χ0) is 18.5. The molecule has 2 aromatic carbocycles. The molecule has 2 aromatic rings. The van der Waals surface area contributed by atoms with E-state index in [0.717, 1.165) is 49.8 Å². The van der Waals surface area contributed by atoms with Gasteiger partial charge in [-0.15, -0.1) is 0 Å². The van der Waals surface area contributed by atoms with Crippen LogP contribution in [0.15, 0.2) is 42.5 Å². The summed E-state index contributed by atoms with van der Waals surface area (Å²) in [6, 6.07) is 13.9. The van der Waals surface area contributed by atoms with E-state index < -0.39 is 0 Å². The molecule has 5 heteroatoms. The van der Waals surface area contributed by atoms with Crippen molar-refractivity contribution >= 4 is 11.5 Å². The Morgan fingerprint density at radius 3 is 2.31 bits per heavy atom. The molecule has 0 unspecified atom stereocenters. The highest BCUT2D eigenvalue weighted by molar-refractivity contribution is 5.94. The predicted molar refractivity (Wildman–Crippen MR) is 103 cm³/mol. The second-order valence-electron chi connectivity index (χ2n) is 6.69. The van der Waals surface area contributed by atoms with Crippen LogP contribution in [0.3, 0.4) is 0 Å². The van der Waals surface area contributed by atoms with E-state index in [2.05, 4.69) is 11.0 Å². The van der Waals surface area contributed by atoms with Gasteiger partial charge in [0, 0.05) is 11.3 Å². The number of Topliss-reactive ketones (excluding diaryl/α,β-unsaturated/α-hetero) is 1. The lowest BCUT2D eigenvalue weighted by Crippen LogP contribution is -3.13. The lowest BCUT2D eigenvalue weighted by Gasteiger charge is -2.34. The molecular weight excluding hydrogens is 328 g/mol. The fourth-order valence-electron chi connectivity index (χ4n) is 3.45. The van der Waals surface area contributed by atoms with E-state index in [9.17, 15) is 4.79 Å². The van der Waals surface area contributed by atoms with Crippen LogP contribution in [-0.2, 0) is 6.54 Å². The van der Waals surface area contributed by atoms with Crippen LogP contribution in [0.25, 0.3) is 0 Å². The quantitative estimate of drug-likeness (QED) is 0.803. The Balaban J connectivity index is 1.61. The minimum atomic E-state index is 0.109. The molecule has 0 saturated carbocycles. The van der Waals surface area contributed by atoms with Crippen molar-refractivity contribution in [2.45, 2.75) is 13.5 Å². The number of piperazine rings is 1. The summed E-state index contributed by atoms with van der Waals surface area (Å²) in [6.07, 6.45) is 0. The molecule has 1 saturated heterocycles. The van der Waals surface area contributed by atoms with E-state index in [4.69, 9.17) is 9.47 Å². The molecule has 1 N–H and O–H groups in total. The number of carbonyl (C=O) groups excluding carboxylic acids is 1. The maximum atomic E-state index is 11.4. The number of methoxy groups -OCH3 is 2. The number of hydrogen-bond acceptors (Lipinski definition) is 4. The molecule has 26 heavy (non-hydrogen) atoms. The van der Waals surface area contributed by atoms with Gasteiger partial charge >= 0.3 is 0 Å². The third-order valence-corrected chi connectivity index (χ3v) is 5.04. The van der Waals surface area contributed by atoms with E-state index in [0.29, 0.717) is 0 Å². The fraction of sp³-hybridized carbons (Fsp3) is 0.381. The summed E-state index contributed by atoms with van der Waals surface area (Å²) in [7, 11) is 3.40. The van der Waals surface area contributed by atoms with Crippen LogP contribution in [0.5, 0.6) is 11.5 Å². The zero-order valence-electron chi connectivity index (χ0n) is 15.7. The van der Waals surface area contributed by atoms with Crippen LogP contribution in [0.4, 0.5) is 5.69 Å². The van der Waals surface area contributed by atoms with Gasteiger partial charge in [0.05, 0.1) is 46.0 Å². The van der Waals surface area contributed by atoms with E-state index in [1.807, 2.05) is 36.4 Å². The number of nitrogens with one attached hydrogen (secondary N) is 1. The maximum absolute atomic E-state index is 11.4. The summed E-state index contributed by atoms with van der Waals surface area (Å²) in [5, 5.41) is 0. The lowest BCUT2D eigenvalue weighted by atomic mass is 10.1. The highest BCUT2D eigenvalue weighted by atomic mass is 16.5. The third kappa shape index (κ3) is 4.17. The highest BCUT2D eigenvalue weighted by Crippen LogP contribution is 2.23. The van der Waals surface area contributed by atoms with Crippen molar-refractivity contribution in [3.63, 3.8) is 0 Å². The molecule has 0 spiro atoms. The molecular formula is C21H27N2O3+. The van der Waals surface area contributed by atoms with Crippen molar-refractivity contribution in [1.82, 2.24) is 0 Å². The van der Waals surface area contributed by atoms with Crippen molar-refractivity contribution in [1.29, 1.82) is 0 Å². The number of ketones is 1. The smallest absolute Gasteiger partial charge is 0.159 e. The van der Waals surface area contributed by atoms with Crippen LogP contribution >= 0.6 is 0 Å². The van der Waals surface area contributed by atoms with Gasteiger partial charge in [-0.25, -0.2) is 0 Å². The van der Waals surface area contributed by atoms with Crippen molar-refractivity contribution in [3.8, 4) is 11.5 Å². The van der Waals surface area contributed by atoms with Crippen LogP contribution in [-0.4, -0.2) is 46.2 Å². The van der Waals surface area contributed by atoms with Gasteiger partial charge in [-0.2, -0.15) is 0 Å². The first kappa shape index (κ1) is 18.3. The fourth-order valence-corrected chi connectivity index (χ4v) is 3.45. The van der Waals surface area contributed by atoms with Gasteiger partial charge in [0.15, 0.2) is 5.78 Å². The molecule has 1 aliphatic heterocycles. The van der Waals surface area contributed by atoms with Gasteiger partial charge in [-0.1, -0.05) is 0 Å². The number of nitrogens with zero attached hydrogens (tertiary/aromatic N) is 1. The number of anilines is 1. The Bertz CT molecular complexity index is 750. The summed E-state index contributed by atoms with van der Waals surface area (Å²) < 4.78 is 10.8. The number of quaternary nitrogens is 1. The topological polar surface area (TPSA) is 43.2 Å². The first-order chi connectivity index (χ1) is 12.6. The third-order valence-electron chi connectivity index (χ3n) is 5.04. The van der Waals surface area contributed by atoms with Gasteiger partial charge in [-0.05, 0) is 49.4 Å². The Hall–Kier alpha value is -2.53.